The summed E-state index contributed by atoms with van der Waals surface area (Å²) in [4.78, 5) is 33.3. The minimum Gasteiger partial charge on any atom is -0.370 e. The van der Waals surface area contributed by atoms with Crippen molar-refractivity contribution < 1.29 is 4.79 Å². The van der Waals surface area contributed by atoms with Crippen LogP contribution >= 0.6 is 0 Å². The lowest BCUT2D eigenvalue weighted by Gasteiger charge is -2.23. The molecule has 0 unspecified atom stereocenters. The van der Waals surface area contributed by atoms with E-state index in [4.69, 9.17) is 4.98 Å². The number of rotatable bonds is 5. The van der Waals surface area contributed by atoms with Crippen LogP contribution in [0.5, 0.6) is 0 Å². The van der Waals surface area contributed by atoms with Crippen molar-refractivity contribution in [3.05, 3.63) is 34.4 Å². The summed E-state index contributed by atoms with van der Waals surface area (Å²) in [7, 11) is 0. The maximum Gasteiger partial charge on any atom is 0.261 e. The average molecular weight is 412 g/mol. The van der Waals surface area contributed by atoms with Crippen molar-refractivity contribution in [3.8, 4) is 0 Å². The van der Waals surface area contributed by atoms with Crippen molar-refractivity contribution in [2.24, 2.45) is 0 Å². The van der Waals surface area contributed by atoms with E-state index in [-0.39, 0.29) is 30.0 Å². The average Bonchev–Trinajstić information content (AvgIpc) is 3.11. The number of hydrogen-bond acceptors (Lipinski definition) is 5. The number of fused-ring (bicyclic) bond motifs is 1. The maximum absolute atomic E-state index is 13.5. The maximum atomic E-state index is 13.5. The van der Waals surface area contributed by atoms with E-state index in [0.717, 1.165) is 75.3 Å². The Morgan fingerprint density at radius 3 is 2.77 bits per heavy atom. The minimum atomic E-state index is -0.137. The number of nitrogens with zero attached hydrogens (tertiary/aromatic N) is 3. The molecule has 1 aromatic carbocycles. The molecule has 0 bridgehead atoms. The van der Waals surface area contributed by atoms with Crippen LogP contribution in [0.1, 0.15) is 57.7 Å². The molecule has 1 saturated heterocycles. The van der Waals surface area contributed by atoms with Gasteiger partial charge >= 0.3 is 0 Å². The number of carbonyl (C=O) groups is 1. The van der Waals surface area contributed by atoms with Gasteiger partial charge in [-0.25, -0.2) is 4.98 Å². The number of aromatic nitrogens is 2. The van der Waals surface area contributed by atoms with E-state index in [0.29, 0.717) is 5.39 Å². The Kier molecular flexibility index (Phi) is 6.37. The predicted octanol–water partition coefficient (Wildman–Crippen LogP) is 2.38. The highest BCUT2D eigenvalue weighted by Gasteiger charge is 2.25. The van der Waals surface area contributed by atoms with Gasteiger partial charge in [-0.3, -0.25) is 14.2 Å². The molecule has 0 radical (unpaired) electrons. The molecule has 4 rings (SSSR count). The van der Waals surface area contributed by atoms with E-state index < -0.39 is 0 Å². The lowest BCUT2D eigenvalue weighted by atomic mass is 10.1. The molecule has 30 heavy (non-hydrogen) atoms. The Morgan fingerprint density at radius 2 is 2.00 bits per heavy atom. The fourth-order valence-electron chi connectivity index (χ4n) is 4.69. The molecular weight excluding hydrogens is 378 g/mol. The third-order valence-electron chi connectivity index (χ3n) is 6.14. The minimum absolute atomic E-state index is 0.0314. The highest BCUT2D eigenvalue weighted by molar-refractivity contribution is 5.83. The Bertz CT molecular complexity index is 954. The molecule has 1 saturated carbocycles. The fourth-order valence-corrected chi connectivity index (χ4v) is 4.69. The zero-order valence-electron chi connectivity index (χ0n) is 18.1. The van der Waals surface area contributed by atoms with Gasteiger partial charge in [0, 0.05) is 37.3 Å². The molecule has 2 fully saturated rings. The van der Waals surface area contributed by atoms with Crippen LogP contribution in [0.4, 0.5) is 5.69 Å². The Balaban J connectivity index is 1.76. The molecule has 7 heteroatoms. The summed E-state index contributed by atoms with van der Waals surface area (Å²) in [6.45, 7) is 7.74. The van der Waals surface area contributed by atoms with Crippen LogP contribution in [0.2, 0.25) is 0 Å². The second-order valence-corrected chi connectivity index (χ2v) is 8.86. The summed E-state index contributed by atoms with van der Waals surface area (Å²) in [6.07, 6.45) is 5.44. The second-order valence-electron chi connectivity index (χ2n) is 8.86. The molecule has 1 aliphatic heterocycles. The molecule has 162 valence electrons. The number of benzene rings is 1. The summed E-state index contributed by atoms with van der Waals surface area (Å²) in [5, 5.41) is 6.93. The number of anilines is 1. The second kappa shape index (κ2) is 9.16. The largest absolute Gasteiger partial charge is 0.370 e. The molecular formula is C23H33N5O2. The van der Waals surface area contributed by atoms with Crippen LogP contribution in [0.3, 0.4) is 0 Å². The Morgan fingerprint density at radius 1 is 1.20 bits per heavy atom. The first-order valence-corrected chi connectivity index (χ1v) is 11.3. The van der Waals surface area contributed by atoms with E-state index in [9.17, 15) is 9.59 Å². The van der Waals surface area contributed by atoms with Gasteiger partial charge in [0.15, 0.2) is 0 Å². The van der Waals surface area contributed by atoms with Gasteiger partial charge in [-0.05, 0) is 57.9 Å². The van der Waals surface area contributed by atoms with Crippen LogP contribution in [0, 0.1) is 0 Å². The van der Waals surface area contributed by atoms with Crippen molar-refractivity contribution in [2.45, 2.75) is 64.5 Å². The zero-order valence-corrected chi connectivity index (χ0v) is 18.1. The van der Waals surface area contributed by atoms with Crippen molar-refractivity contribution in [3.63, 3.8) is 0 Å². The van der Waals surface area contributed by atoms with Crippen molar-refractivity contribution in [2.75, 3.05) is 31.1 Å². The normalized spacial score (nSPS) is 18.2. The quantitative estimate of drug-likeness (QED) is 0.790. The molecule has 1 amide bonds. The third-order valence-corrected chi connectivity index (χ3v) is 6.14. The van der Waals surface area contributed by atoms with E-state index >= 15 is 0 Å². The van der Waals surface area contributed by atoms with Crippen LogP contribution in [0.15, 0.2) is 23.0 Å². The molecule has 0 spiro atoms. The van der Waals surface area contributed by atoms with Gasteiger partial charge in [-0.1, -0.05) is 12.8 Å². The lowest BCUT2D eigenvalue weighted by molar-refractivity contribution is -0.122. The molecule has 1 aromatic heterocycles. The molecule has 2 aliphatic rings. The summed E-state index contributed by atoms with van der Waals surface area (Å²) < 4.78 is 1.63. The molecule has 1 aliphatic carbocycles. The molecule has 0 atom stereocenters. The fraction of sp³-hybridized carbons (Fsp3) is 0.609. The van der Waals surface area contributed by atoms with Gasteiger partial charge in [-0.15, -0.1) is 0 Å². The first-order valence-electron chi connectivity index (χ1n) is 11.3. The number of hydrogen-bond donors (Lipinski definition) is 2. The zero-order chi connectivity index (χ0) is 21.1. The van der Waals surface area contributed by atoms with E-state index in [1.54, 1.807) is 4.57 Å². The lowest BCUT2D eigenvalue weighted by Crippen LogP contribution is -2.38. The molecule has 2 N–H and O–H groups in total. The number of carbonyl (C=O) groups excluding carboxylic acids is 1. The van der Waals surface area contributed by atoms with E-state index in [2.05, 4.69) is 21.6 Å². The van der Waals surface area contributed by atoms with Gasteiger partial charge < -0.3 is 15.5 Å². The molecule has 7 nitrogen and oxygen atoms in total. The summed E-state index contributed by atoms with van der Waals surface area (Å²) >= 11 is 0. The smallest absolute Gasteiger partial charge is 0.261 e. The van der Waals surface area contributed by atoms with Gasteiger partial charge in [-0.2, -0.15) is 0 Å². The van der Waals surface area contributed by atoms with Gasteiger partial charge in [0.2, 0.25) is 5.91 Å². The summed E-state index contributed by atoms with van der Waals surface area (Å²) in [6, 6.07) is 6.06. The highest BCUT2D eigenvalue weighted by Crippen LogP contribution is 2.33. The van der Waals surface area contributed by atoms with Crippen molar-refractivity contribution in [1.29, 1.82) is 0 Å². The Hall–Kier alpha value is -2.41. The summed E-state index contributed by atoms with van der Waals surface area (Å²) in [5.41, 5.74) is 1.69. The van der Waals surface area contributed by atoms with E-state index in [1.165, 1.54) is 0 Å². The first-order chi connectivity index (χ1) is 14.5. The first kappa shape index (κ1) is 20.8. The predicted molar refractivity (Wildman–Crippen MR) is 120 cm³/mol. The third kappa shape index (κ3) is 4.51. The van der Waals surface area contributed by atoms with Crippen LogP contribution in [-0.2, 0) is 11.3 Å². The van der Waals surface area contributed by atoms with Gasteiger partial charge in [0.25, 0.3) is 5.56 Å². The number of amides is 1. The summed E-state index contributed by atoms with van der Waals surface area (Å²) in [5.74, 6) is 0.892. The van der Waals surface area contributed by atoms with Crippen LogP contribution in [0.25, 0.3) is 10.9 Å². The standard InChI is InChI=1S/C23H33N5O2/c1-16(2)25-21(29)15-28-22(17-6-3-4-7-17)26-20-9-8-18(14-19(20)23(28)30)27-12-5-10-24-11-13-27/h8-9,14,16-17,24H,3-7,10-13,15H2,1-2H3,(H,25,29). The van der Waals surface area contributed by atoms with Gasteiger partial charge in [0.1, 0.15) is 12.4 Å². The van der Waals surface area contributed by atoms with Crippen molar-refractivity contribution >= 4 is 22.5 Å². The highest BCUT2D eigenvalue weighted by atomic mass is 16.2. The topological polar surface area (TPSA) is 79.3 Å². The van der Waals surface area contributed by atoms with E-state index in [1.807, 2.05) is 26.0 Å². The van der Waals surface area contributed by atoms with Crippen LogP contribution in [-0.4, -0.2) is 47.7 Å². The SMILES string of the molecule is CC(C)NC(=O)Cn1c(C2CCCC2)nc2ccc(N3CCCNCC3)cc2c1=O. The van der Waals surface area contributed by atoms with Crippen LogP contribution < -0.4 is 21.1 Å². The Labute approximate surface area is 177 Å². The molecule has 2 aromatic rings. The molecule has 2 heterocycles. The van der Waals surface area contributed by atoms with Gasteiger partial charge in [0.05, 0.1) is 10.9 Å². The number of nitrogens with one attached hydrogen (secondary N) is 2. The van der Waals surface area contributed by atoms with Crippen molar-refractivity contribution in [1.82, 2.24) is 20.2 Å². The monoisotopic (exact) mass is 411 g/mol.